The molecule has 3 aromatic carbocycles. The highest BCUT2D eigenvalue weighted by Gasteiger charge is 2.32. The lowest BCUT2D eigenvalue weighted by molar-refractivity contribution is -0.143. The molecule has 6 heteroatoms. The summed E-state index contributed by atoms with van der Waals surface area (Å²) >= 11 is 6.08. The van der Waals surface area contributed by atoms with Gasteiger partial charge in [0.25, 0.3) is 5.91 Å². The molecular formula is C30H35ClN2O3. The van der Waals surface area contributed by atoms with Gasteiger partial charge in [-0.1, -0.05) is 60.1 Å². The van der Waals surface area contributed by atoms with Gasteiger partial charge in [0.05, 0.1) is 0 Å². The smallest absolute Gasteiger partial charge is 0.261 e. The van der Waals surface area contributed by atoms with Crippen molar-refractivity contribution in [2.45, 2.75) is 59.2 Å². The van der Waals surface area contributed by atoms with Crippen LogP contribution in [0.25, 0.3) is 0 Å². The van der Waals surface area contributed by atoms with Crippen LogP contribution in [0.4, 0.5) is 0 Å². The van der Waals surface area contributed by atoms with Crippen LogP contribution in [0.5, 0.6) is 5.75 Å². The first-order chi connectivity index (χ1) is 17.0. The summed E-state index contributed by atoms with van der Waals surface area (Å²) in [6.07, 6.45) is 0.381. The van der Waals surface area contributed by atoms with Crippen LogP contribution in [0.1, 0.15) is 43.0 Å². The van der Waals surface area contributed by atoms with E-state index in [4.69, 9.17) is 16.3 Å². The molecule has 1 N–H and O–H groups in total. The second-order valence-electron chi connectivity index (χ2n) is 10.2. The highest BCUT2D eigenvalue weighted by atomic mass is 35.5. The van der Waals surface area contributed by atoms with Gasteiger partial charge in [0, 0.05) is 23.5 Å². The lowest BCUT2D eigenvalue weighted by Gasteiger charge is -2.33. The SMILES string of the molecule is Cc1cc(C)cc(OCC(=O)N(Cc2ccc(Cl)cc2)C(Cc2ccccc2)C(=O)NC(C)(C)C)c1. The minimum Gasteiger partial charge on any atom is -0.484 e. The van der Waals surface area contributed by atoms with Gasteiger partial charge in [0.15, 0.2) is 6.61 Å². The van der Waals surface area contributed by atoms with E-state index in [-0.39, 0.29) is 25.0 Å². The summed E-state index contributed by atoms with van der Waals surface area (Å²) in [7, 11) is 0. The summed E-state index contributed by atoms with van der Waals surface area (Å²) in [5, 5.41) is 3.68. The number of carbonyl (C=O) groups is 2. The predicted octanol–water partition coefficient (Wildman–Crippen LogP) is 5.89. The third-order valence-electron chi connectivity index (χ3n) is 5.59. The second-order valence-corrected chi connectivity index (χ2v) is 10.6. The molecular weight excluding hydrogens is 472 g/mol. The summed E-state index contributed by atoms with van der Waals surface area (Å²) < 4.78 is 5.90. The van der Waals surface area contributed by atoms with Gasteiger partial charge in [-0.15, -0.1) is 0 Å². The van der Waals surface area contributed by atoms with Crippen molar-refractivity contribution in [3.8, 4) is 5.75 Å². The molecule has 2 amide bonds. The number of hydrogen-bond donors (Lipinski definition) is 1. The van der Waals surface area contributed by atoms with Gasteiger partial charge in [-0.3, -0.25) is 9.59 Å². The Bertz CT molecular complexity index is 1150. The lowest BCUT2D eigenvalue weighted by Crippen LogP contribution is -2.55. The van der Waals surface area contributed by atoms with E-state index >= 15 is 0 Å². The van der Waals surface area contributed by atoms with Crippen LogP contribution in [0.15, 0.2) is 72.8 Å². The normalized spacial score (nSPS) is 12.1. The summed E-state index contributed by atoms with van der Waals surface area (Å²) in [6, 6.07) is 22.2. The average molecular weight is 507 g/mol. The molecule has 36 heavy (non-hydrogen) atoms. The van der Waals surface area contributed by atoms with Crippen molar-refractivity contribution >= 4 is 23.4 Å². The molecule has 0 aromatic heterocycles. The number of nitrogens with zero attached hydrogens (tertiary/aromatic N) is 1. The molecule has 5 nitrogen and oxygen atoms in total. The molecule has 0 radical (unpaired) electrons. The third-order valence-corrected chi connectivity index (χ3v) is 5.84. The number of aryl methyl sites for hydroxylation is 2. The second kappa shape index (κ2) is 12.1. The van der Waals surface area contributed by atoms with Gasteiger partial charge in [-0.05, 0) is 81.1 Å². The highest BCUT2D eigenvalue weighted by molar-refractivity contribution is 6.30. The molecule has 0 aliphatic carbocycles. The first-order valence-corrected chi connectivity index (χ1v) is 12.5. The molecule has 0 aliphatic rings. The van der Waals surface area contributed by atoms with Crippen LogP contribution in [0.2, 0.25) is 5.02 Å². The molecule has 0 fully saturated rings. The molecule has 0 saturated carbocycles. The van der Waals surface area contributed by atoms with Gasteiger partial charge in [-0.2, -0.15) is 0 Å². The number of nitrogens with one attached hydrogen (secondary N) is 1. The number of amides is 2. The Labute approximate surface area is 219 Å². The van der Waals surface area contributed by atoms with Crippen LogP contribution >= 0.6 is 11.6 Å². The van der Waals surface area contributed by atoms with Gasteiger partial charge in [-0.25, -0.2) is 0 Å². The van der Waals surface area contributed by atoms with Crippen LogP contribution in [0, 0.1) is 13.8 Å². The number of carbonyl (C=O) groups excluding carboxylic acids is 2. The Morgan fingerprint density at radius 1 is 0.917 bits per heavy atom. The Morgan fingerprint density at radius 3 is 2.11 bits per heavy atom. The number of rotatable bonds is 9. The standard InChI is InChI=1S/C30H35ClN2O3/c1-21-15-22(2)17-26(16-21)36-20-28(34)33(19-24-11-13-25(31)14-12-24)27(29(35)32-30(3,4)5)18-23-9-7-6-8-10-23/h6-17,27H,18-20H2,1-5H3,(H,32,35). The topological polar surface area (TPSA) is 58.6 Å². The fourth-order valence-corrected chi connectivity index (χ4v) is 4.16. The van der Waals surface area contributed by atoms with Gasteiger partial charge in [0.1, 0.15) is 11.8 Å². The summed E-state index contributed by atoms with van der Waals surface area (Å²) in [6.45, 7) is 9.84. The lowest BCUT2D eigenvalue weighted by atomic mass is 10.0. The van der Waals surface area contributed by atoms with Crippen molar-refractivity contribution in [1.29, 1.82) is 0 Å². The highest BCUT2D eigenvalue weighted by Crippen LogP contribution is 2.20. The van der Waals surface area contributed by atoms with Crippen LogP contribution in [0.3, 0.4) is 0 Å². The summed E-state index contributed by atoms with van der Waals surface area (Å²) in [5.74, 6) is 0.153. The summed E-state index contributed by atoms with van der Waals surface area (Å²) in [4.78, 5) is 28.8. The van der Waals surface area contributed by atoms with Gasteiger partial charge >= 0.3 is 0 Å². The van der Waals surface area contributed by atoms with Crippen molar-refractivity contribution in [1.82, 2.24) is 10.2 Å². The Balaban J connectivity index is 1.93. The number of hydrogen-bond acceptors (Lipinski definition) is 3. The van der Waals surface area contributed by atoms with E-state index in [2.05, 4.69) is 5.32 Å². The van der Waals surface area contributed by atoms with E-state index in [0.717, 1.165) is 22.3 Å². The summed E-state index contributed by atoms with van der Waals surface area (Å²) in [5.41, 5.74) is 3.51. The third kappa shape index (κ3) is 8.42. The molecule has 1 unspecified atom stereocenters. The molecule has 0 bridgehead atoms. The zero-order valence-electron chi connectivity index (χ0n) is 21.7. The number of benzene rings is 3. The first kappa shape index (κ1) is 27.3. The largest absolute Gasteiger partial charge is 0.484 e. The monoisotopic (exact) mass is 506 g/mol. The average Bonchev–Trinajstić information content (AvgIpc) is 2.80. The van der Waals surface area contributed by atoms with E-state index in [1.165, 1.54) is 0 Å². The molecule has 1 atom stereocenters. The first-order valence-electron chi connectivity index (χ1n) is 12.1. The van der Waals surface area contributed by atoms with Crippen molar-refractivity contribution in [2.24, 2.45) is 0 Å². The molecule has 0 heterocycles. The van der Waals surface area contributed by atoms with Crippen molar-refractivity contribution in [3.63, 3.8) is 0 Å². The maximum atomic E-state index is 13.7. The minimum atomic E-state index is -0.724. The minimum absolute atomic E-state index is 0.176. The van der Waals surface area contributed by atoms with Crippen LogP contribution in [-0.4, -0.2) is 34.9 Å². The van der Waals surface area contributed by atoms with Crippen molar-refractivity contribution in [3.05, 3.63) is 100 Å². The molecule has 0 aliphatic heterocycles. The molecule has 0 spiro atoms. The Hall–Kier alpha value is -3.31. The van der Waals surface area contributed by atoms with Crippen LogP contribution in [-0.2, 0) is 22.6 Å². The van der Waals surface area contributed by atoms with E-state index < -0.39 is 11.6 Å². The molecule has 0 saturated heterocycles. The van der Waals surface area contributed by atoms with Crippen molar-refractivity contribution < 1.29 is 14.3 Å². The fourth-order valence-electron chi connectivity index (χ4n) is 4.04. The van der Waals surface area contributed by atoms with Gasteiger partial charge < -0.3 is 15.0 Å². The zero-order chi connectivity index (χ0) is 26.3. The fraction of sp³-hybridized carbons (Fsp3) is 0.333. The number of halogens is 1. The molecule has 3 rings (SSSR count). The zero-order valence-corrected chi connectivity index (χ0v) is 22.4. The molecule has 3 aromatic rings. The predicted molar refractivity (Wildman–Crippen MR) is 145 cm³/mol. The maximum absolute atomic E-state index is 13.7. The Kier molecular flexibility index (Phi) is 9.16. The maximum Gasteiger partial charge on any atom is 0.261 e. The van der Waals surface area contributed by atoms with E-state index in [1.54, 1.807) is 17.0 Å². The Morgan fingerprint density at radius 2 is 1.53 bits per heavy atom. The number of ether oxygens (including phenoxy) is 1. The van der Waals surface area contributed by atoms with Crippen LogP contribution < -0.4 is 10.1 Å². The van der Waals surface area contributed by atoms with Gasteiger partial charge in [0.2, 0.25) is 5.91 Å². The van der Waals surface area contributed by atoms with E-state index in [0.29, 0.717) is 17.2 Å². The van der Waals surface area contributed by atoms with E-state index in [1.807, 2.05) is 95.3 Å². The van der Waals surface area contributed by atoms with Crippen molar-refractivity contribution in [2.75, 3.05) is 6.61 Å². The quantitative estimate of drug-likeness (QED) is 0.393. The molecule has 190 valence electrons. The van der Waals surface area contributed by atoms with E-state index in [9.17, 15) is 9.59 Å².